The second-order valence-corrected chi connectivity index (χ2v) is 10.8. The van der Waals surface area contributed by atoms with Crippen molar-refractivity contribution in [3.63, 3.8) is 0 Å². The van der Waals surface area contributed by atoms with Crippen LogP contribution in [0, 0.1) is 11.8 Å². The van der Waals surface area contributed by atoms with Gasteiger partial charge in [-0.2, -0.15) is 0 Å². The highest BCUT2D eigenvalue weighted by atomic mass is 16.5. The number of methoxy groups -OCH3 is 3. The molecule has 0 radical (unpaired) electrons. The molecule has 0 saturated carbocycles. The maximum Gasteiger partial charge on any atom is 0.161 e. The molecular weight excluding hydrogens is 464 g/mol. The number of hydrogen-bond acceptors (Lipinski definition) is 6. The Morgan fingerprint density at radius 3 is 2.22 bits per heavy atom. The maximum absolute atomic E-state index is 5.88. The first-order chi connectivity index (χ1) is 18.1. The molecule has 2 aromatic carbocycles. The molecule has 3 aliphatic heterocycles. The summed E-state index contributed by atoms with van der Waals surface area (Å²) in [5.41, 5.74) is 5.66. The molecule has 1 fully saturated rings. The lowest BCUT2D eigenvalue weighted by Gasteiger charge is -2.38. The van der Waals surface area contributed by atoms with Crippen LogP contribution in [0.2, 0.25) is 0 Å². The van der Waals surface area contributed by atoms with E-state index in [1.807, 2.05) is 6.92 Å². The van der Waals surface area contributed by atoms with E-state index in [9.17, 15) is 0 Å². The fraction of sp³-hybridized carbons (Fsp3) is 0.613. The summed E-state index contributed by atoms with van der Waals surface area (Å²) in [6.07, 6.45) is 6.94. The largest absolute Gasteiger partial charge is 0.493 e. The van der Waals surface area contributed by atoms with Crippen LogP contribution in [0.15, 0.2) is 24.3 Å². The number of nitrogens with one attached hydrogen (secondary N) is 1. The molecule has 3 aliphatic rings. The smallest absolute Gasteiger partial charge is 0.161 e. The van der Waals surface area contributed by atoms with Gasteiger partial charge in [0.2, 0.25) is 0 Å². The Labute approximate surface area is 222 Å². The normalized spacial score (nSPS) is 25.3. The summed E-state index contributed by atoms with van der Waals surface area (Å²) in [5.74, 6) is 4.79. The highest BCUT2D eigenvalue weighted by molar-refractivity contribution is 5.50. The van der Waals surface area contributed by atoms with Crippen LogP contribution < -0.4 is 24.3 Å². The van der Waals surface area contributed by atoms with Crippen molar-refractivity contribution in [2.75, 3.05) is 47.6 Å². The van der Waals surface area contributed by atoms with Gasteiger partial charge in [0.05, 0.1) is 27.9 Å². The van der Waals surface area contributed by atoms with E-state index in [4.69, 9.17) is 18.9 Å². The minimum Gasteiger partial charge on any atom is -0.493 e. The summed E-state index contributed by atoms with van der Waals surface area (Å²) < 4.78 is 22.9. The Morgan fingerprint density at radius 1 is 0.811 bits per heavy atom. The van der Waals surface area contributed by atoms with Crippen molar-refractivity contribution >= 4 is 0 Å². The quantitative estimate of drug-likeness (QED) is 0.492. The summed E-state index contributed by atoms with van der Waals surface area (Å²) in [4.78, 5) is 2.75. The van der Waals surface area contributed by atoms with E-state index in [0.717, 1.165) is 48.9 Å². The highest BCUT2D eigenvalue weighted by Gasteiger charge is 2.37. The minimum absolute atomic E-state index is 0.360. The van der Waals surface area contributed by atoms with Crippen LogP contribution in [0.3, 0.4) is 0 Å². The Bertz CT molecular complexity index is 1090. The van der Waals surface area contributed by atoms with E-state index in [2.05, 4.69) is 41.4 Å². The van der Waals surface area contributed by atoms with Gasteiger partial charge < -0.3 is 24.3 Å². The van der Waals surface area contributed by atoms with Gasteiger partial charge in [-0.05, 0) is 104 Å². The molecule has 5 rings (SSSR count). The first kappa shape index (κ1) is 26.2. The zero-order chi connectivity index (χ0) is 25.9. The van der Waals surface area contributed by atoms with Crippen molar-refractivity contribution in [2.45, 2.75) is 64.5 Å². The van der Waals surface area contributed by atoms with Crippen molar-refractivity contribution in [3.05, 3.63) is 46.5 Å². The van der Waals surface area contributed by atoms with E-state index in [-0.39, 0.29) is 0 Å². The second kappa shape index (κ2) is 11.5. The van der Waals surface area contributed by atoms with Crippen molar-refractivity contribution < 1.29 is 18.9 Å². The zero-order valence-electron chi connectivity index (χ0n) is 23.3. The van der Waals surface area contributed by atoms with Gasteiger partial charge in [-0.25, -0.2) is 0 Å². The lowest BCUT2D eigenvalue weighted by molar-refractivity contribution is 0.155. The van der Waals surface area contributed by atoms with Gasteiger partial charge in [-0.3, -0.25) is 4.90 Å². The van der Waals surface area contributed by atoms with Crippen molar-refractivity contribution in [1.82, 2.24) is 10.2 Å². The topological polar surface area (TPSA) is 52.2 Å². The SMILES string of the molecule is CCOc1cc2c(cc1OC)[C@@H](C[C@H]1CC[C@H]3c4cc(OC)c(OC)cc4CCN3C[C@@H]1CC)NCC2. The van der Waals surface area contributed by atoms with Crippen LogP contribution in [-0.4, -0.2) is 52.5 Å². The first-order valence-corrected chi connectivity index (χ1v) is 14.2. The van der Waals surface area contributed by atoms with Gasteiger partial charge in [0.15, 0.2) is 23.0 Å². The van der Waals surface area contributed by atoms with Crippen LogP contribution in [0.5, 0.6) is 23.0 Å². The van der Waals surface area contributed by atoms with Gasteiger partial charge in [-0.15, -0.1) is 0 Å². The van der Waals surface area contributed by atoms with Crippen LogP contribution >= 0.6 is 0 Å². The molecule has 37 heavy (non-hydrogen) atoms. The molecule has 0 aliphatic carbocycles. The summed E-state index contributed by atoms with van der Waals surface area (Å²) >= 11 is 0. The van der Waals surface area contributed by atoms with Gasteiger partial charge in [-0.1, -0.05) is 13.3 Å². The molecule has 6 heteroatoms. The Kier molecular flexibility index (Phi) is 8.15. The zero-order valence-corrected chi connectivity index (χ0v) is 23.3. The molecule has 6 nitrogen and oxygen atoms in total. The predicted octanol–water partition coefficient (Wildman–Crippen LogP) is 5.72. The van der Waals surface area contributed by atoms with E-state index >= 15 is 0 Å². The third kappa shape index (κ3) is 5.15. The number of rotatable bonds is 8. The number of ether oxygens (including phenoxy) is 4. The van der Waals surface area contributed by atoms with Crippen LogP contribution in [-0.2, 0) is 12.8 Å². The highest BCUT2D eigenvalue weighted by Crippen LogP contribution is 2.46. The summed E-state index contributed by atoms with van der Waals surface area (Å²) in [6.45, 7) is 8.37. The number of nitrogens with zero attached hydrogens (tertiary/aromatic N) is 1. The number of benzene rings is 2. The third-order valence-corrected chi connectivity index (χ3v) is 9.01. The van der Waals surface area contributed by atoms with Gasteiger partial charge in [0.25, 0.3) is 0 Å². The summed E-state index contributed by atoms with van der Waals surface area (Å²) in [5, 5.41) is 3.86. The summed E-state index contributed by atoms with van der Waals surface area (Å²) in [6, 6.07) is 9.72. The molecular formula is C31H44N2O4. The monoisotopic (exact) mass is 508 g/mol. The molecule has 1 saturated heterocycles. The molecule has 4 atom stereocenters. The molecule has 0 amide bonds. The second-order valence-electron chi connectivity index (χ2n) is 10.8. The van der Waals surface area contributed by atoms with Gasteiger partial charge in [0, 0.05) is 25.2 Å². The average Bonchev–Trinajstić information content (AvgIpc) is 3.11. The summed E-state index contributed by atoms with van der Waals surface area (Å²) in [7, 11) is 5.21. The molecule has 0 unspecified atom stereocenters. The van der Waals surface area contributed by atoms with Gasteiger partial charge in [0.1, 0.15) is 0 Å². The molecule has 0 bridgehead atoms. The molecule has 0 aromatic heterocycles. The lowest BCUT2D eigenvalue weighted by atomic mass is 9.79. The average molecular weight is 509 g/mol. The predicted molar refractivity (Wildman–Crippen MR) is 147 cm³/mol. The fourth-order valence-corrected chi connectivity index (χ4v) is 7.06. The minimum atomic E-state index is 0.360. The van der Waals surface area contributed by atoms with Crippen LogP contribution in [0.4, 0.5) is 0 Å². The van der Waals surface area contributed by atoms with E-state index in [1.54, 1.807) is 21.3 Å². The first-order valence-electron chi connectivity index (χ1n) is 14.2. The standard InChI is InChI=1S/C31H44N2O4/c1-6-20-19-33-13-11-23-15-28(34-3)29(35-4)18-25(23)27(33)9-8-21(20)14-26-24-17-30(36-5)31(37-7-2)16-22(24)10-12-32-26/h15-18,20-21,26-27,32H,6-14,19H2,1-5H3/t20-,21+,26+,27-/m0/s1. The number of fused-ring (bicyclic) bond motifs is 4. The van der Waals surface area contributed by atoms with Crippen LogP contribution in [0.1, 0.15) is 73.9 Å². The third-order valence-electron chi connectivity index (χ3n) is 9.01. The van der Waals surface area contributed by atoms with Crippen molar-refractivity contribution in [2.24, 2.45) is 11.8 Å². The molecule has 2 aromatic rings. The molecule has 1 N–H and O–H groups in total. The number of hydrogen-bond donors (Lipinski definition) is 1. The Hall–Kier alpha value is -2.44. The van der Waals surface area contributed by atoms with E-state index < -0.39 is 0 Å². The van der Waals surface area contributed by atoms with Crippen LogP contribution in [0.25, 0.3) is 0 Å². The van der Waals surface area contributed by atoms with Crippen molar-refractivity contribution in [1.29, 1.82) is 0 Å². The Morgan fingerprint density at radius 2 is 1.49 bits per heavy atom. The van der Waals surface area contributed by atoms with E-state index in [0.29, 0.717) is 30.5 Å². The molecule has 3 heterocycles. The fourth-order valence-electron chi connectivity index (χ4n) is 7.06. The molecule has 0 spiro atoms. The van der Waals surface area contributed by atoms with Gasteiger partial charge >= 0.3 is 0 Å². The van der Waals surface area contributed by atoms with Crippen molar-refractivity contribution in [3.8, 4) is 23.0 Å². The van der Waals surface area contributed by atoms with E-state index in [1.165, 1.54) is 54.5 Å². The lowest BCUT2D eigenvalue weighted by Crippen LogP contribution is -2.38. The maximum atomic E-state index is 5.88. The Balaban J connectivity index is 1.39. The molecule has 202 valence electrons.